The Labute approximate surface area is 181 Å². The van der Waals surface area contributed by atoms with E-state index in [4.69, 9.17) is 9.47 Å². The van der Waals surface area contributed by atoms with Crippen molar-refractivity contribution in [1.82, 2.24) is 0 Å². The molecule has 0 aromatic heterocycles. The summed E-state index contributed by atoms with van der Waals surface area (Å²) < 4.78 is 82.1. The summed E-state index contributed by atoms with van der Waals surface area (Å²) in [6.07, 6.45) is -8.15. The molecule has 3 rings (SSSR count). The number of halogens is 5. The number of nitrogens with zero attached hydrogens (tertiary/aromatic N) is 3. The molecule has 2 atom stereocenters. The molecule has 3 heterocycles. The molecular formula is C20H24F5N3O4. The zero-order valence-corrected chi connectivity index (χ0v) is 17.6. The highest BCUT2D eigenvalue weighted by Crippen LogP contribution is 2.49. The molecule has 0 fully saturated rings. The quantitative estimate of drug-likeness (QED) is 0.606. The molecule has 0 bridgehead atoms. The van der Waals surface area contributed by atoms with Crippen molar-refractivity contribution < 1.29 is 41.3 Å². The Kier molecular flexibility index (Phi) is 6.89. The van der Waals surface area contributed by atoms with Crippen LogP contribution in [0.5, 0.6) is 0 Å². The first-order valence-corrected chi connectivity index (χ1v) is 10.3. The van der Waals surface area contributed by atoms with Gasteiger partial charge < -0.3 is 14.6 Å². The predicted molar refractivity (Wildman–Crippen MR) is 106 cm³/mol. The van der Waals surface area contributed by atoms with Gasteiger partial charge in [0.05, 0.1) is 24.8 Å². The molecule has 0 radical (unpaired) electrons. The molecule has 178 valence electrons. The van der Waals surface area contributed by atoms with E-state index in [-0.39, 0.29) is 38.6 Å². The van der Waals surface area contributed by atoms with E-state index in [1.165, 1.54) is 0 Å². The summed E-state index contributed by atoms with van der Waals surface area (Å²) in [5.41, 5.74) is -6.76. The largest absolute Gasteiger partial charge is 0.480 e. The molecule has 0 amide bonds. The van der Waals surface area contributed by atoms with Crippen LogP contribution in [0.2, 0.25) is 0 Å². The Morgan fingerprint density at radius 2 is 1.78 bits per heavy atom. The number of hydrogen-bond acceptors (Lipinski definition) is 6. The lowest BCUT2D eigenvalue weighted by atomic mass is 9.66. The maximum atomic E-state index is 14.6. The number of aliphatic imine (C=N–C) groups is 3. The van der Waals surface area contributed by atoms with Crippen molar-refractivity contribution in [3.05, 3.63) is 11.1 Å². The summed E-state index contributed by atoms with van der Waals surface area (Å²) in [6.45, 7) is 3.37. The summed E-state index contributed by atoms with van der Waals surface area (Å²) in [6, 6.07) is -1.72. The van der Waals surface area contributed by atoms with Crippen molar-refractivity contribution in [2.24, 2.45) is 26.3 Å². The monoisotopic (exact) mass is 465 g/mol. The predicted octanol–water partition coefficient (Wildman–Crippen LogP) is 3.69. The summed E-state index contributed by atoms with van der Waals surface area (Å²) >= 11 is 0. The van der Waals surface area contributed by atoms with Crippen LogP contribution in [0.1, 0.15) is 33.1 Å². The van der Waals surface area contributed by atoms with Gasteiger partial charge in [-0.05, 0) is 12.3 Å². The lowest BCUT2D eigenvalue weighted by Gasteiger charge is -2.43. The van der Waals surface area contributed by atoms with Crippen molar-refractivity contribution in [2.75, 3.05) is 26.3 Å². The molecule has 0 aromatic rings. The first kappa shape index (κ1) is 24.1. The maximum absolute atomic E-state index is 14.6. The zero-order chi connectivity index (χ0) is 23.7. The second-order valence-corrected chi connectivity index (χ2v) is 8.10. The van der Waals surface area contributed by atoms with E-state index in [0.717, 1.165) is 0 Å². The number of aliphatic carboxylic acids is 1. The molecule has 32 heavy (non-hydrogen) atoms. The Hall–Kier alpha value is -2.53. The van der Waals surface area contributed by atoms with E-state index in [1.54, 1.807) is 13.8 Å². The molecular weight excluding hydrogens is 441 g/mol. The SMILES string of the molecule is CC(C)CC1N=C(C(F)(F)F)C(C2=NCCCO2)=C(C(F)F)C1(C(=O)O)C1=NCCCO1. The minimum absolute atomic E-state index is 0.00139. The number of hydrogen-bond donors (Lipinski definition) is 1. The van der Waals surface area contributed by atoms with Gasteiger partial charge in [0.1, 0.15) is 0 Å². The molecule has 1 N–H and O–H groups in total. The second kappa shape index (κ2) is 9.14. The van der Waals surface area contributed by atoms with Gasteiger partial charge in [0.15, 0.2) is 11.1 Å². The van der Waals surface area contributed by atoms with Gasteiger partial charge in [-0.15, -0.1) is 0 Å². The van der Waals surface area contributed by atoms with E-state index < -0.39 is 58.7 Å². The fourth-order valence-electron chi connectivity index (χ4n) is 4.13. The van der Waals surface area contributed by atoms with Crippen LogP contribution in [0.3, 0.4) is 0 Å². The number of carboxylic acid groups (broad SMARTS) is 1. The topological polar surface area (TPSA) is 92.8 Å². The van der Waals surface area contributed by atoms with Gasteiger partial charge in [0.25, 0.3) is 6.43 Å². The standard InChI is InChI=1S/C20H24F5N3O4/c1-10(2)9-11-19(18(29)30,17-27-6-4-8-32-17)13(15(21)22)12(14(28-11)20(23,24)25)16-26-5-3-7-31-16/h10-11,15H,3-9H2,1-2H3,(H,29,30). The van der Waals surface area contributed by atoms with Gasteiger partial charge in [-0.3, -0.25) is 19.8 Å². The normalized spacial score (nSPS) is 26.9. The number of carbonyl (C=O) groups is 1. The van der Waals surface area contributed by atoms with Crippen molar-refractivity contribution in [1.29, 1.82) is 0 Å². The molecule has 0 saturated carbocycles. The fourth-order valence-corrected chi connectivity index (χ4v) is 4.13. The number of carboxylic acids is 1. The van der Waals surface area contributed by atoms with E-state index in [9.17, 15) is 31.9 Å². The van der Waals surface area contributed by atoms with Crippen molar-refractivity contribution in [3.63, 3.8) is 0 Å². The van der Waals surface area contributed by atoms with E-state index in [1.807, 2.05) is 0 Å². The molecule has 0 spiro atoms. The Bertz CT molecular complexity index is 879. The molecule has 0 aliphatic carbocycles. The van der Waals surface area contributed by atoms with Gasteiger partial charge in [-0.1, -0.05) is 13.8 Å². The molecule has 3 aliphatic heterocycles. The Morgan fingerprint density at radius 1 is 1.16 bits per heavy atom. The highest BCUT2D eigenvalue weighted by atomic mass is 19.4. The van der Waals surface area contributed by atoms with Crippen LogP contribution in [-0.2, 0) is 14.3 Å². The van der Waals surface area contributed by atoms with E-state index in [2.05, 4.69) is 15.0 Å². The van der Waals surface area contributed by atoms with Crippen molar-refractivity contribution in [3.8, 4) is 0 Å². The third kappa shape index (κ3) is 4.23. The van der Waals surface area contributed by atoms with Crippen LogP contribution in [0.15, 0.2) is 26.1 Å². The van der Waals surface area contributed by atoms with Crippen molar-refractivity contribution in [2.45, 2.75) is 51.8 Å². The third-order valence-electron chi connectivity index (χ3n) is 5.38. The smallest absolute Gasteiger partial charge is 0.433 e. The summed E-state index contributed by atoms with van der Waals surface area (Å²) in [5.74, 6) is -3.41. The lowest BCUT2D eigenvalue weighted by molar-refractivity contribution is -0.146. The van der Waals surface area contributed by atoms with E-state index >= 15 is 0 Å². The highest BCUT2D eigenvalue weighted by molar-refractivity contribution is 6.27. The fraction of sp³-hybridized carbons (Fsp3) is 0.700. The van der Waals surface area contributed by atoms with Crippen LogP contribution >= 0.6 is 0 Å². The van der Waals surface area contributed by atoms with E-state index in [0.29, 0.717) is 12.8 Å². The molecule has 12 heteroatoms. The zero-order valence-electron chi connectivity index (χ0n) is 17.6. The first-order valence-electron chi connectivity index (χ1n) is 10.3. The number of alkyl halides is 5. The lowest BCUT2D eigenvalue weighted by Crippen LogP contribution is -2.57. The summed E-state index contributed by atoms with van der Waals surface area (Å²) in [5, 5.41) is 10.3. The summed E-state index contributed by atoms with van der Waals surface area (Å²) in [7, 11) is 0. The molecule has 0 saturated heterocycles. The number of ether oxygens (including phenoxy) is 2. The number of rotatable bonds is 6. The van der Waals surface area contributed by atoms with Gasteiger partial charge in [-0.2, -0.15) is 13.2 Å². The molecule has 0 aromatic carbocycles. The van der Waals surface area contributed by atoms with Gasteiger partial charge in [-0.25, -0.2) is 8.78 Å². The highest BCUT2D eigenvalue weighted by Gasteiger charge is 2.63. The average Bonchev–Trinajstić information content (AvgIpc) is 2.72. The van der Waals surface area contributed by atoms with Crippen LogP contribution in [0.25, 0.3) is 0 Å². The van der Waals surface area contributed by atoms with Crippen LogP contribution < -0.4 is 0 Å². The second-order valence-electron chi connectivity index (χ2n) is 8.10. The molecule has 2 unspecified atom stereocenters. The minimum atomic E-state index is -5.14. The summed E-state index contributed by atoms with van der Waals surface area (Å²) in [4.78, 5) is 24.3. The Morgan fingerprint density at radius 3 is 2.22 bits per heavy atom. The number of dihydropyridines is 1. The minimum Gasteiger partial charge on any atom is -0.480 e. The maximum Gasteiger partial charge on any atom is 0.433 e. The molecule has 7 nitrogen and oxygen atoms in total. The van der Waals surface area contributed by atoms with Crippen molar-refractivity contribution >= 4 is 23.5 Å². The van der Waals surface area contributed by atoms with Gasteiger partial charge >= 0.3 is 12.1 Å². The van der Waals surface area contributed by atoms with Crippen LogP contribution in [-0.4, -0.2) is 73.5 Å². The first-order chi connectivity index (χ1) is 15.0. The Balaban J connectivity index is 2.43. The van der Waals surface area contributed by atoms with Crippen LogP contribution in [0, 0.1) is 11.3 Å². The third-order valence-corrected chi connectivity index (χ3v) is 5.38. The molecule has 3 aliphatic rings. The van der Waals surface area contributed by atoms with Crippen LogP contribution in [0.4, 0.5) is 22.0 Å². The average molecular weight is 465 g/mol. The van der Waals surface area contributed by atoms with Gasteiger partial charge in [0.2, 0.25) is 11.8 Å². The van der Waals surface area contributed by atoms with Gasteiger partial charge in [0, 0.05) is 31.5 Å².